The summed E-state index contributed by atoms with van der Waals surface area (Å²) >= 11 is 7.76. The molecular weight excluding hydrogens is 252 g/mol. The maximum Gasteiger partial charge on any atom is 0.0493 e. The average Bonchev–Trinajstić information content (AvgIpc) is 2.29. The highest BCUT2D eigenvalue weighted by Gasteiger charge is 2.20. The Morgan fingerprint density at radius 3 is 2.41 bits per heavy atom. The van der Waals surface area contributed by atoms with Crippen molar-refractivity contribution in [3.8, 4) is 0 Å². The molecule has 1 aromatic rings. The van der Waals surface area contributed by atoms with Gasteiger partial charge in [-0.15, -0.1) is 0 Å². The second kappa shape index (κ2) is 7.27. The third-order valence-corrected chi connectivity index (χ3v) is 3.68. The van der Waals surface area contributed by atoms with Gasteiger partial charge in [0.25, 0.3) is 0 Å². The van der Waals surface area contributed by atoms with Crippen LogP contribution in [-0.2, 0) is 0 Å². The van der Waals surface area contributed by atoms with E-state index < -0.39 is 0 Å². The van der Waals surface area contributed by atoms with Gasteiger partial charge in [-0.3, -0.25) is 4.90 Å². The van der Waals surface area contributed by atoms with E-state index in [2.05, 4.69) is 37.3 Å². The topological polar surface area (TPSA) is 29.3 Å². The number of halogens is 1. The molecule has 2 atom stereocenters. The summed E-state index contributed by atoms with van der Waals surface area (Å²) in [5, 5.41) is 0.768. The third kappa shape index (κ3) is 4.51. The van der Waals surface area contributed by atoms with Gasteiger partial charge in [-0.05, 0) is 37.9 Å². The molecular formula is C13H21ClN2S. The van der Waals surface area contributed by atoms with E-state index in [-0.39, 0.29) is 12.1 Å². The van der Waals surface area contributed by atoms with Gasteiger partial charge in [-0.25, -0.2) is 0 Å². The summed E-state index contributed by atoms with van der Waals surface area (Å²) in [6.45, 7) is 3.09. The normalized spacial score (nSPS) is 14.9. The van der Waals surface area contributed by atoms with E-state index in [1.807, 2.05) is 23.9 Å². The number of hydrogen-bond donors (Lipinski definition) is 1. The Balaban J connectivity index is 2.81. The zero-order valence-electron chi connectivity index (χ0n) is 10.7. The van der Waals surface area contributed by atoms with Gasteiger partial charge in [0, 0.05) is 29.4 Å². The maximum absolute atomic E-state index is 6.10. The second-order valence-electron chi connectivity index (χ2n) is 4.33. The van der Waals surface area contributed by atoms with Crippen molar-refractivity contribution in [3.63, 3.8) is 0 Å². The van der Waals surface area contributed by atoms with Crippen molar-refractivity contribution in [1.82, 2.24) is 4.90 Å². The molecule has 0 aliphatic heterocycles. The van der Waals surface area contributed by atoms with Crippen LogP contribution in [-0.4, -0.2) is 36.5 Å². The molecule has 2 N–H and O–H groups in total. The van der Waals surface area contributed by atoms with Gasteiger partial charge in [0.15, 0.2) is 0 Å². The first-order valence-corrected chi connectivity index (χ1v) is 7.53. The second-order valence-corrected chi connectivity index (χ2v) is 5.75. The number of benzene rings is 1. The molecule has 0 aromatic heterocycles. The third-order valence-electron chi connectivity index (χ3n) is 2.83. The molecule has 0 saturated carbocycles. The molecule has 0 spiro atoms. The van der Waals surface area contributed by atoms with E-state index in [4.69, 9.17) is 17.3 Å². The van der Waals surface area contributed by atoms with Crippen LogP contribution in [0, 0.1) is 0 Å². The Labute approximate surface area is 114 Å². The van der Waals surface area contributed by atoms with E-state index in [0.29, 0.717) is 0 Å². The summed E-state index contributed by atoms with van der Waals surface area (Å²) in [4.78, 5) is 2.31. The summed E-state index contributed by atoms with van der Waals surface area (Å²) in [6, 6.07) is 8.32. The lowest BCUT2D eigenvalue weighted by molar-refractivity contribution is 0.232. The molecule has 1 rings (SSSR count). The van der Waals surface area contributed by atoms with Crippen molar-refractivity contribution < 1.29 is 0 Å². The molecule has 96 valence electrons. The predicted molar refractivity (Wildman–Crippen MR) is 78.9 cm³/mol. The molecule has 0 heterocycles. The summed E-state index contributed by atoms with van der Waals surface area (Å²) in [5.41, 5.74) is 7.33. The first kappa shape index (κ1) is 14.8. The Kier molecular flexibility index (Phi) is 6.34. The molecule has 0 fully saturated rings. The summed E-state index contributed by atoms with van der Waals surface area (Å²) in [6.07, 6.45) is 2.12. The summed E-state index contributed by atoms with van der Waals surface area (Å²) in [7, 11) is 2.12. The van der Waals surface area contributed by atoms with Gasteiger partial charge < -0.3 is 5.73 Å². The molecule has 0 radical (unpaired) electrons. The first-order valence-electron chi connectivity index (χ1n) is 5.76. The molecule has 0 bridgehead atoms. The molecule has 17 heavy (non-hydrogen) atoms. The minimum absolute atomic E-state index is 0.100. The Morgan fingerprint density at radius 1 is 1.35 bits per heavy atom. The van der Waals surface area contributed by atoms with E-state index in [9.17, 15) is 0 Å². The van der Waals surface area contributed by atoms with Crippen molar-refractivity contribution in [2.45, 2.75) is 19.0 Å². The lowest BCUT2D eigenvalue weighted by Crippen LogP contribution is -2.38. The summed E-state index contributed by atoms with van der Waals surface area (Å²) in [5.74, 6) is 1.12. The monoisotopic (exact) mass is 272 g/mol. The smallest absolute Gasteiger partial charge is 0.0493 e. The first-order chi connectivity index (χ1) is 8.06. The molecule has 4 heteroatoms. The lowest BCUT2D eigenvalue weighted by Gasteiger charge is -2.31. The van der Waals surface area contributed by atoms with Gasteiger partial charge >= 0.3 is 0 Å². The molecule has 2 nitrogen and oxygen atoms in total. The van der Waals surface area contributed by atoms with E-state index in [1.54, 1.807) is 0 Å². The maximum atomic E-state index is 6.10. The van der Waals surface area contributed by atoms with E-state index >= 15 is 0 Å². The fourth-order valence-corrected chi connectivity index (χ4v) is 2.59. The van der Waals surface area contributed by atoms with E-state index in [1.165, 1.54) is 5.56 Å². The van der Waals surface area contributed by atoms with Crippen molar-refractivity contribution in [1.29, 1.82) is 0 Å². The fourth-order valence-electron chi connectivity index (χ4n) is 1.99. The van der Waals surface area contributed by atoms with Crippen LogP contribution >= 0.6 is 23.4 Å². The van der Waals surface area contributed by atoms with Crippen molar-refractivity contribution in [2.75, 3.05) is 25.6 Å². The number of rotatable bonds is 6. The molecule has 2 unspecified atom stereocenters. The Hall–Kier alpha value is -0.220. The van der Waals surface area contributed by atoms with Crippen LogP contribution in [0.15, 0.2) is 24.3 Å². The minimum atomic E-state index is 0.100. The van der Waals surface area contributed by atoms with Gasteiger partial charge in [0.1, 0.15) is 0 Å². The van der Waals surface area contributed by atoms with E-state index in [0.717, 1.165) is 17.3 Å². The van der Waals surface area contributed by atoms with Gasteiger partial charge in [0.05, 0.1) is 0 Å². The van der Waals surface area contributed by atoms with Crippen LogP contribution in [0.4, 0.5) is 0 Å². The minimum Gasteiger partial charge on any atom is -0.326 e. The van der Waals surface area contributed by atoms with Crippen LogP contribution in [0.5, 0.6) is 0 Å². The highest BCUT2D eigenvalue weighted by Crippen LogP contribution is 2.23. The zero-order chi connectivity index (χ0) is 12.8. The highest BCUT2D eigenvalue weighted by molar-refractivity contribution is 7.98. The van der Waals surface area contributed by atoms with Crippen molar-refractivity contribution in [3.05, 3.63) is 34.9 Å². The standard InChI is InChI=1S/C13H21ClN2S/c1-10(15)13(16(2)8-9-17-3)11-4-6-12(14)7-5-11/h4-7,10,13H,8-9,15H2,1-3H3. The summed E-state index contributed by atoms with van der Waals surface area (Å²) < 4.78 is 0. The molecule has 0 aliphatic carbocycles. The zero-order valence-corrected chi connectivity index (χ0v) is 12.3. The SMILES string of the molecule is CSCCN(C)C(c1ccc(Cl)cc1)C(C)N. The van der Waals surface area contributed by atoms with Gasteiger partial charge in [-0.2, -0.15) is 11.8 Å². The number of nitrogens with zero attached hydrogens (tertiary/aromatic N) is 1. The Bertz CT molecular complexity index is 327. The average molecular weight is 273 g/mol. The van der Waals surface area contributed by atoms with Crippen molar-refractivity contribution >= 4 is 23.4 Å². The lowest BCUT2D eigenvalue weighted by atomic mass is 10.00. The van der Waals surface area contributed by atoms with Crippen LogP contribution in [0.25, 0.3) is 0 Å². The fraction of sp³-hybridized carbons (Fsp3) is 0.538. The van der Waals surface area contributed by atoms with Gasteiger partial charge in [0.2, 0.25) is 0 Å². The largest absolute Gasteiger partial charge is 0.326 e. The van der Waals surface area contributed by atoms with Crippen LogP contribution in [0.1, 0.15) is 18.5 Å². The quantitative estimate of drug-likeness (QED) is 0.863. The Morgan fingerprint density at radius 2 is 1.94 bits per heavy atom. The predicted octanol–water partition coefficient (Wildman–Crippen LogP) is 3.02. The number of thioether (sulfide) groups is 1. The molecule has 0 saturated heterocycles. The van der Waals surface area contributed by atoms with Crippen LogP contribution in [0.2, 0.25) is 5.02 Å². The highest BCUT2D eigenvalue weighted by atomic mass is 35.5. The number of nitrogens with two attached hydrogens (primary N) is 1. The number of hydrogen-bond acceptors (Lipinski definition) is 3. The number of likely N-dealkylation sites (N-methyl/N-ethyl adjacent to an activating group) is 1. The van der Waals surface area contributed by atoms with Crippen LogP contribution in [0.3, 0.4) is 0 Å². The molecule has 0 aliphatic rings. The van der Waals surface area contributed by atoms with Crippen molar-refractivity contribution in [2.24, 2.45) is 5.73 Å². The van der Waals surface area contributed by atoms with Gasteiger partial charge in [-0.1, -0.05) is 23.7 Å². The van der Waals surface area contributed by atoms with Crippen LogP contribution < -0.4 is 5.73 Å². The molecule has 1 aromatic carbocycles. The molecule has 0 amide bonds.